The minimum absolute atomic E-state index is 0.00971. The Morgan fingerprint density at radius 3 is 1.84 bits per heavy atom. The van der Waals surface area contributed by atoms with E-state index in [0.717, 1.165) is 36.4 Å². The van der Waals surface area contributed by atoms with Crippen LogP contribution in [0.4, 0.5) is 0 Å². The lowest BCUT2D eigenvalue weighted by molar-refractivity contribution is -0.278. The highest BCUT2D eigenvalue weighted by molar-refractivity contribution is 5.89. The van der Waals surface area contributed by atoms with Gasteiger partial charge in [0.1, 0.15) is 84.7 Å². The number of rotatable bonds is 14. The number of aliphatic carboxylic acids is 1. The number of esters is 2. The van der Waals surface area contributed by atoms with E-state index in [-0.39, 0.29) is 28.0 Å². The first kappa shape index (κ1) is 45.0. The van der Waals surface area contributed by atoms with E-state index < -0.39 is 140 Å². The Bertz CT molecular complexity index is 2270. The van der Waals surface area contributed by atoms with Gasteiger partial charge >= 0.3 is 29.3 Å². The van der Waals surface area contributed by atoms with Crippen LogP contribution in [-0.4, -0.2) is 154 Å². The maximum atomic E-state index is 12.5. The van der Waals surface area contributed by atoms with E-state index in [1.165, 1.54) is 30.3 Å². The highest BCUT2D eigenvalue weighted by atomic mass is 16.7. The van der Waals surface area contributed by atoms with E-state index >= 15 is 0 Å². The highest BCUT2D eigenvalue weighted by Crippen LogP contribution is 2.45. The standard InChI is InChI=1S/C40H40O22/c41-18-4-1-16(2-5-18)3-7-29(47)56-15-27-33(51)35(53)37(55)40(62-27)60-25-13-20-21(42)11-19(12-24(20)59-38(25)17-9-22(43)31(49)23(44)10-17)58-39-36(54)34(52)32(50)26(61-39)14-57-30(48)8-6-28(45)46/h1-5,7,9-13,26-27,32-37,39-40,50-55H,6,8,14-15H2,(H5-,41,42,43,44,45,46,47,49)/p+1. The molecule has 62 heavy (non-hydrogen) atoms. The number of carboxylic acids is 1. The summed E-state index contributed by atoms with van der Waals surface area (Å²) in [7, 11) is 0. The van der Waals surface area contributed by atoms with Crippen molar-refractivity contribution >= 4 is 35.0 Å². The van der Waals surface area contributed by atoms with Gasteiger partial charge in [0, 0.05) is 30.3 Å². The first-order valence-electron chi connectivity index (χ1n) is 18.5. The smallest absolute Gasteiger partial charge is 0.402 e. The van der Waals surface area contributed by atoms with Crippen LogP contribution < -0.4 is 9.47 Å². The van der Waals surface area contributed by atoms with Gasteiger partial charge in [-0.3, -0.25) is 9.59 Å². The second-order valence-electron chi connectivity index (χ2n) is 14.1. The molecule has 6 rings (SSSR count). The Morgan fingerprint density at radius 1 is 0.661 bits per heavy atom. The van der Waals surface area contributed by atoms with Crippen LogP contribution in [0.2, 0.25) is 0 Å². The number of aliphatic hydroxyl groups excluding tert-OH is 6. The van der Waals surface area contributed by atoms with Gasteiger partial charge in [0.25, 0.3) is 0 Å². The topological polar surface area (TPSA) is 361 Å². The van der Waals surface area contributed by atoms with Crippen LogP contribution in [0, 0.1) is 0 Å². The monoisotopic (exact) mass is 873 g/mol. The number of fused-ring (bicyclic) bond motifs is 1. The third-order valence-corrected chi connectivity index (χ3v) is 9.62. The molecule has 10 unspecified atom stereocenters. The van der Waals surface area contributed by atoms with Crippen LogP contribution in [0.1, 0.15) is 18.4 Å². The summed E-state index contributed by atoms with van der Waals surface area (Å²) in [5.41, 5.74) is 0.110. The molecular formula is C40H41O22+. The van der Waals surface area contributed by atoms with Crippen molar-refractivity contribution < 1.29 is 109 Å². The number of carboxylic acid groups (broad SMARTS) is 1. The Morgan fingerprint density at radius 2 is 1.24 bits per heavy atom. The summed E-state index contributed by atoms with van der Waals surface area (Å²) in [5, 5.41) is 124. The number of hydrogen-bond acceptors (Lipinski definition) is 20. The molecule has 10 atom stereocenters. The van der Waals surface area contributed by atoms with E-state index in [0.29, 0.717) is 5.56 Å². The average molecular weight is 874 g/mol. The summed E-state index contributed by atoms with van der Waals surface area (Å²) in [6.45, 7) is -1.34. The van der Waals surface area contributed by atoms with Crippen molar-refractivity contribution in [3.63, 3.8) is 0 Å². The molecule has 0 aliphatic carbocycles. The van der Waals surface area contributed by atoms with Gasteiger partial charge in [-0.1, -0.05) is 12.1 Å². The molecule has 12 N–H and O–H groups in total. The van der Waals surface area contributed by atoms with Gasteiger partial charge in [-0.15, -0.1) is 0 Å². The quantitative estimate of drug-likeness (QED) is 0.0342. The number of hydrogen-bond donors (Lipinski definition) is 12. The number of aromatic hydroxyl groups is 5. The molecule has 3 heterocycles. The minimum Gasteiger partial charge on any atom is -0.508 e. The summed E-state index contributed by atoms with van der Waals surface area (Å²) < 4.78 is 39.0. The van der Waals surface area contributed by atoms with Crippen LogP contribution in [0.5, 0.6) is 40.2 Å². The van der Waals surface area contributed by atoms with Crippen molar-refractivity contribution in [1.82, 2.24) is 0 Å². The molecule has 0 bridgehead atoms. The second kappa shape index (κ2) is 19.0. The number of aliphatic hydroxyl groups is 6. The van der Waals surface area contributed by atoms with Crippen molar-refractivity contribution in [1.29, 1.82) is 0 Å². The normalized spacial score (nSPS) is 26.2. The fourth-order valence-corrected chi connectivity index (χ4v) is 6.25. The summed E-state index contributed by atoms with van der Waals surface area (Å²) in [5.74, 6) is -7.36. The molecule has 4 aromatic rings. The van der Waals surface area contributed by atoms with Crippen molar-refractivity contribution in [2.75, 3.05) is 13.2 Å². The molecule has 0 spiro atoms. The van der Waals surface area contributed by atoms with E-state index in [1.54, 1.807) is 0 Å². The molecule has 0 radical (unpaired) electrons. The number of carbonyl (C=O) groups excluding carboxylic acids is 2. The molecule has 2 fully saturated rings. The summed E-state index contributed by atoms with van der Waals surface area (Å²) in [6, 6.07) is 11.0. The molecular weight excluding hydrogens is 832 g/mol. The third kappa shape index (κ3) is 10.3. The maximum Gasteiger partial charge on any atom is 0.402 e. The van der Waals surface area contributed by atoms with Crippen LogP contribution in [-0.2, 0) is 33.3 Å². The fraction of sp³-hybridized carbons (Fsp3) is 0.350. The first-order chi connectivity index (χ1) is 29.4. The Labute approximate surface area is 348 Å². The SMILES string of the molecule is O=C(O)CCC(=O)OCC1OC(Oc2cc(O)c3cc(OC4OC(COC(=O)C=Cc5ccc(O)cc5)C(O)C(O)C4O)c(-c4cc(O)c(O)c(O)c4)[o+]c3c2)C(O)C(O)C1O. The van der Waals surface area contributed by atoms with Crippen LogP contribution in [0.15, 0.2) is 65.1 Å². The first-order valence-corrected chi connectivity index (χ1v) is 18.5. The lowest BCUT2D eigenvalue weighted by atomic mass is 9.99. The van der Waals surface area contributed by atoms with E-state index in [4.69, 9.17) is 37.9 Å². The number of benzene rings is 3. The fourth-order valence-electron chi connectivity index (χ4n) is 6.25. The number of ether oxygens (including phenoxy) is 6. The molecule has 332 valence electrons. The number of carbonyl (C=O) groups is 3. The molecule has 0 amide bonds. The van der Waals surface area contributed by atoms with Gasteiger partial charge in [-0.05, 0) is 23.8 Å². The van der Waals surface area contributed by atoms with Gasteiger partial charge in [0.2, 0.25) is 18.3 Å². The van der Waals surface area contributed by atoms with Crippen LogP contribution >= 0.6 is 0 Å². The maximum absolute atomic E-state index is 12.5. The highest BCUT2D eigenvalue weighted by Gasteiger charge is 2.47. The van der Waals surface area contributed by atoms with Crippen molar-refractivity contribution in [3.05, 3.63) is 66.2 Å². The molecule has 0 saturated carbocycles. The van der Waals surface area contributed by atoms with E-state index in [9.17, 15) is 70.6 Å². The van der Waals surface area contributed by atoms with Crippen molar-refractivity contribution in [2.24, 2.45) is 0 Å². The molecule has 3 aromatic carbocycles. The minimum atomic E-state index is -1.98. The lowest BCUT2D eigenvalue weighted by Gasteiger charge is -2.39. The Balaban J connectivity index is 1.26. The molecule has 22 heteroatoms. The predicted molar refractivity (Wildman–Crippen MR) is 203 cm³/mol. The lowest BCUT2D eigenvalue weighted by Crippen LogP contribution is -2.60. The molecule has 22 nitrogen and oxygen atoms in total. The van der Waals surface area contributed by atoms with Gasteiger partial charge in [-0.25, -0.2) is 9.21 Å². The summed E-state index contributed by atoms with van der Waals surface area (Å²) in [4.78, 5) is 35.2. The average Bonchev–Trinajstić information content (AvgIpc) is 3.23. The summed E-state index contributed by atoms with van der Waals surface area (Å²) >= 11 is 0. The third-order valence-electron chi connectivity index (χ3n) is 9.62. The van der Waals surface area contributed by atoms with Crippen molar-refractivity contribution in [3.8, 4) is 51.6 Å². The van der Waals surface area contributed by atoms with Gasteiger partial charge in [-0.2, -0.15) is 0 Å². The molecule has 1 aromatic heterocycles. The van der Waals surface area contributed by atoms with Crippen LogP contribution in [0.25, 0.3) is 28.4 Å². The van der Waals surface area contributed by atoms with Crippen molar-refractivity contribution in [2.45, 2.75) is 74.3 Å². The zero-order chi connectivity index (χ0) is 45.0. The van der Waals surface area contributed by atoms with E-state index in [2.05, 4.69) is 0 Å². The van der Waals surface area contributed by atoms with Gasteiger partial charge in [0.05, 0.1) is 24.5 Å². The van der Waals surface area contributed by atoms with E-state index in [1.807, 2.05) is 0 Å². The zero-order valence-corrected chi connectivity index (χ0v) is 31.9. The molecule has 2 aliphatic heterocycles. The Hall–Kier alpha value is -6.50. The predicted octanol–water partition coefficient (Wildman–Crippen LogP) is -0.0537. The number of phenols is 5. The number of phenolic OH excluding ortho intramolecular Hbond substituents is 5. The van der Waals surface area contributed by atoms with Crippen LogP contribution in [0.3, 0.4) is 0 Å². The van der Waals surface area contributed by atoms with Gasteiger partial charge < -0.3 is 89.7 Å². The summed E-state index contributed by atoms with van der Waals surface area (Å²) in [6.07, 6.45) is -16.6. The largest absolute Gasteiger partial charge is 0.508 e. The second-order valence-corrected chi connectivity index (χ2v) is 14.1. The Kier molecular flexibility index (Phi) is 13.8. The molecule has 2 saturated heterocycles. The molecule has 2 aliphatic rings. The zero-order valence-electron chi connectivity index (χ0n) is 31.9. The van der Waals surface area contributed by atoms with Gasteiger partial charge in [0.15, 0.2) is 17.2 Å².